The Labute approximate surface area is 93.8 Å². The van der Waals surface area contributed by atoms with Crippen molar-refractivity contribution in [3.8, 4) is 0 Å². The Morgan fingerprint density at radius 1 is 1.33 bits per heavy atom. The molecule has 1 aliphatic heterocycles. The Morgan fingerprint density at radius 3 is 2.73 bits per heavy atom. The van der Waals surface area contributed by atoms with Crippen LogP contribution in [-0.4, -0.2) is 25.8 Å². The predicted molar refractivity (Wildman–Crippen MR) is 62.9 cm³/mol. The SMILES string of the molecule is CC(C)C1CC(NCCC2CCOC2)C1. The van der Waals surface area contributed by atoms with Crippen LogP contribution in [0.25, 0.3) is 0 Å². The van der Waals surface area contributed by atoms with Gasteiger partial charge < -0.3 is 10.1 Å². The van der Waals surface area contributed by atoms with Crippen LogP contribution < -0.4 is 5.32 Å². The molecule has 2 nitrogen and oxygen atoms in total. The molecule has 2 rings (SSSR count). The summed E-state index contributed by atoms with van der Waals surface area (Å²) >= 11 is 0. The molecular weight excluding hydrogens is 186 g/mol. The number of hydrogen-bond donors (Lipinski definition) is 1. The monoisotopic (exact) mass is 211 g/mol. The summed E-state index contributed by atoms with van der Waals surface area (Å²) in [6.07, 6.45) is 5.39. The van der Waals surface area contributed by atoms with E-state index in [0.29, 0.717) is 0 Å². The molecular formula is C13H25NO. The second-order valence-corrected chi connectivity index (χ2v) is 5.64. The summed E-state index contributed by atoms with van der Waals surface area (Å²) < 4.78 is 5.38. The van der Waals surface area contributed by atoms with E-state index in [0.717, 1.165) is 37.0 Å². The van der Waals surface area contributed by atoms with Crippen molar-refractivity contribution in [3.05, 3.63) is 0 Å². The highest BCUT2D eigenvalue weighted by Crippen LogP contribution is 2.33. The van der Waals surface area contributed by atoms with Crippen LogP contribution in [0.15, 0.2) is 0 Å². The van der Waals surface area contributed by atoms with Crippen LogP contribution >= 0.6 is 0 Å². The second-order valence-electron chi connectivity index (χ2n) is 5.64. The van der Waals surface area contributed by atoms with Crippen LogP contribution in [0, 0.1) is 17.8 Å². The molecule has 88 valence electrons. The first-order valence-electron chi connectivity index (χ1n) is 6.57. The lowest BCUT2D eigenvalue weighted by Gasteiger charge is -2.38. The molecule has 1 saturated carbocycles. The molecule has 0 bridgehead atoms. The Balaban J connectivity index is 1.49. The minimum Gasteiger partial charge on any atom is -0.381 e. The van der Waals surface area contributed by atoms with Gasteiger partial charge in [0.25, 0.3) is 0 Å². The Morgan fingerprint density at radius 2 is 2.13 bits per heavy atom. The lowest BCUT2D eigenvalue weighted by Crippen LogP contribution is -2.43. The lowest BCUT2D eigenvalue weighted by molar-refractivity contribution is 0.163. The Kier molecular flexibility index (Phi) is 4.04. The fourth-order valence-electron chi connectivity index (χ4n) is 2.68. The zero-order chi connectivity index (χ0) is 10.7. The molecule has 1 N–H and O–H groups in total. The van der Waals surface area contributed by atoms with Crippen molar-refractivity contribution in [1.29, 1.82) is 0 Å². The summed E-state index contributed by atoms with van der Waals surface area (Å²) in [6.45, 7) is 7.88. The summed E-state index contributed by atoms with van der Waals surface area (Å²) in [5.74, 6) is 2.70. The molecule has 15 heavy (non-hydrogen) atoms. The summed E-state index contributed by atoms with van der Waals surface area (Å²) in [5.41, 5.74) is 0. The van der Waals surface area contributed by atoms with Gasteiger partial charge >= 0.3 is 0 Å². The van der Waals surface area contributed by atoms with E-state index in [4.69, 9.17) is 4.74 Å². The molecule has 0 aromatic rings. The van der Waals surface area contributed by atoms with E-state index in [-0.39, 0.29) is 0 Å². The highest BCUT2D eigenvalue weighted by Gasteiger charge is 2.30. The van der Waals surface area contributed by atoms with E-state index in [1.165, 1.54) is 32.2 Å². The molecule has 1 atom stereocenters. The van der Waals surface area contributed by atoms with Crippen LogP contribution in [0.3, 0.4) is 0 Å². The molecule has 0 aromatic carbocycles. The standard InChI is InChI=1S/C13H25NO/c1-10(2)12-7-13(8-12)14-5-3-11-4-6-15-9-11/h10-14H,3-9H2,1-2H3. The van der Waals surface area contributed by atoms with Gasteiger partial charge in [0.2, 0.25) is 0 Å². The molecule has 0 aromatic heterocycles. The van der Waals surface area contributed by atoms with Gasteiger partial charge in [-0.1, -0.05) is 13.8 Å². The van der Waals surface area contributed by atoms with E-state index < -0.39 is 0 Å². The fraction of sp³-hybridized carbons (Fsp3) is 1.00. The minimum atomic E-state index is 0.819. The lowest BCUT2D eigenvalue weighted by atomic mass is 9.73. The molecule has 2 heteroatoms. The molecule has 0 spiro atoms. The molecule has 2 fully saturated rings. The quantitative estimate of drug-likeness (QED) is 0.754. The van der Waals surface area contributed by atoms with Crippen LogP contribution in [-0.2, 0) is 4.74 Å². The summed E-state index contributed by atoms with van der Waals surface area (Å²) in [6, 6.07) is 0.819. The van der Waals surface area contributed by atoms with Crippen molar-refractivity contribution in [2.45, 2.75) is 45.6 Å². The van der Waals surface area contributed by atoms with Crippen molar-refractivity contribution in [1.82, 2.24) is 5.32 Å². The highest BCUT2D eigenvalue weighted by molar-refractivity contribution is 4.86. The molecule has 1 heterocycles. The van der Waals surface area contributed by atoms with Crippen LogP contribution in [0.5, 0.6) is 0 Å². The van der Waals surface area contributed by atoms with E-state index >= 15 is 0 Å². The average molecular weight is 211 g/mol. The van der Waals surface area contributed by atoms with Gasteiger partial charge in [0.1, 0.15) is 0 Å². The predicted octanol–water partition coefficient (Wildman–Crippen LogP) is 2.44. The van der Waals surface area contributed by atoms with Crippen molar-refractivity contribution in [2.75, 3.05) is 19.8 Å². The number of nitrogens with one attached hydrogen (secondary N) is 1. The van der Waals surface area contributed by atoms with Crippen molar-refractivity contribution < 1.29 is 4.74 Å². The van der Waals surface area contributed by atoms with Crippen LogP contribution in [0.4, 0.5) is 0 Å². The van der Waals surface area contributed by atoms with E-state index in [1.807, 2.05) is 0 Å². The van der Waals surface area contributed by atoms with E-state index in [2.05, 4.69) is 19.2 Å². The minimum absolute atomic E-state index is 0.819. The first-order valence-corrected chi connectivity index (χ1v) is 6.57. The smallest absolute Gasteiger partial charge is 0.0495 e. The molecule has 1 unspecified atom stereocenters. The van der Waals surface area contributed by atoms with Gasteiger partial charge in [-0.3, -0.25) is 0 Å². The first-order chi connectivity index (χ1) is 7.25. The maximum Gasteiger partial charge on any atom is 0.0495 e. The molecule has 0 radical (unpaired) electrons. The topological polar surface area (TPSA) is 21.3 Å². The zero-order valence-corrected chi connectivity index (χ0v) is 10.2. The molecule has 0 amide bonds. The van der Waals surface area contributed by atoms with Gasteiger partial charge in [-0.2, -0.15) is 0 Å². The third-order valence-corrected chi connectivity index (χ3v) is 4.13. The zero-order valence-electron chi connectivity index (χ0n) is 10.2. The Hall–Kier alpha value is -0.0800. The van der Waals surface area contributed by atoms with Gasteiger partial charge in [0.05, 0.1) is 0 Å². The van der Waals surface area contributed by atoms with Gasteiger partial charge in [-0.15, -0.1) is 0 Å². The number of rotatable bonds is 5. The average Bonchev–Trinajstić information content (AvgIpc) is 2.60. The van der Waals surface area contributed by atoms with Gasteiger partial charge in [0.15, 0.2) is 0 Å². The normalized spacial score (nSPS) is 35.8. The number of ether oxygens (including phenoxy) is 1. The van der Waals surface area contributed by atoms with Gasteiger partial charge in [-0.25, -0.2) is 0 Å². The molecule has 1 saturated heterocycles. The van der Waals surface area contributed by atoms with Crippen molar-refractivity contribution in [3.63, 3.8) is 0 Å². The van der Waals surface area contributed by atoms with Crippen LogP contribution in [0.2, 0.25) is 0 Å². The maximum atomic E-state index is 5.38. The van der Waals surface area contributed by atoms with Gasteiger partial charge in [-0.05, 0) is 50.0 Å². The maximum absolute atomic E-state index is 5.38. The fourth-order valence-corrected chi connectivity index (χ4v) is 2.68. The van der Waals surface area contributed by atoms with Crippen molar-refractivity contribution >= 4 is 0 Å². The van der Waals surface area contributed by atoms with Crippen LogP contribution in [0.1, 0.15) is 39.5 Å². The summed E-state index contributed by atoms with van der Waals surface area (Å²) in [5, 5.41) is 3.68. The third-order valence-electron chi connectivity index (χ3n) is 4.13. The Bertz CT molecular complexity index is 181. The first kappa shape index (κ1) is 11.4. The number of hydrogen-bond acceptors (Lipinski definition) is 2. The summed E-state index contributed by atoms with van der Waals surface area (Å²) in [7, 11) is 0. The van der Waals surface area contributed by atoms with Crippen molar-refractivity contribution in [2.24, 2.45) is 17.8 Å². The molecule has 1 aliphatic carbocycles. The molecule has 2 aliphatic rings. The van der Waals surface area contributed by atoms with E-state index in [9.17, 15) is 0 Å². The van der Waals surface area contributed by atoms with Gasteiger partial charge in [0, 0.05) is 19.3 Å². The summed E-state index contributed by atoms with van der Waals surface area (Å²) in [4.78, 5) is 0. The highest BCUT2D eigenvalue weighted by atomic mass is 16.5. The third kappa shape index (κ3) is 3.18. The van der Waals surface area contributed by atoms with E-state index in [1.54, 1.807) is 0 Å². The second kappa shape index (κ2) is 5.31. The largest absolute Gasteiger partial charge is 0.381 e.